The average molecular weight is 284 g/mol. The van der Waals surface area contributed by atoms with Crippen LogP contribution in [-0.4, -0.2) is 17.6 Å². The Morgan fingerprint density at radius 1 is 1.14 bits per heavy atom. The number of fused-ring (bicyclic) bond motifs is 1. The van der Waals surface area contributed by atoms with Gasteiger partial charge in [0.15, 0.2) is 0 Å². The summed E-state index contributed by atoms with van der Waals surface area (Å²) in [4.78, 5) is 3.47. The molecule has 0 atom stereocenters. The van der Waals surface area contributed by atoms with Crippen molar-refractivity contribution in [2.45, 2.75) is 64.3 Å². The van der Waals surface area contributed by atoms with Crippen molar-refractivity contribution in [3.05, 3.63) is 35.5 Å². The molecule has 1 aliphatic carbocycles. The third-order valence-corrected chi connectivity index (χ3v) is 5.04. The lowest BCUT2D eigenvalue weighted by molar-refractivity contribution is 0.344. The van der Waals surface area contributed by atoms with Crippen LogP contribution in [0.2, 0.25) is 0 Å². The van der Waals surface area contributed by atoms with Crippen molar-refractivity contribution < 1.29 is 0 Å². The van der Waals surface area contributed by atoms with Gasteiger partial charge in [-0.1, -0.05) is 19.9 Å². The molecule has 0 spiro atoms. The van der Waals surface area contributed by atoms with E-state index in [0.717, 1.165) is 18.4 Å². The highest BCUT2D eigenvalue weighted by atomic mass is 14.9. The van der Waals surface area contributed by atoms with Crippen LogP contribution in [0.5, 0.6) is 0 Å². The van der Waals surface area contributed by atoms with Gasteiger partial charge in [-0.3, -0.25) is 0 Å². The zero-order valence-corrected chi connectivity index (χ0v) is 13.4. The van der Waals surface area contributed by atoms with Gasteiger partial charge in [0.25, 0.3) is 0 Å². The van der Waals surface area contributed by atoms with E-state index in [4.69, 9.17) is 0 Å². The van der Waals surface area contributed by atoms with Crippen molar-refractivity contribution >= 4 is 10.9 Å². The molecule has 1 fully saturated rings. The molecule has 0 radical (unpaired) electrons. The van der Waals surface area contributed by atoms with E-state index in [1.165, 1.54) is 55.1 Å². The summed E-state index contributed by atoms with van der Waals surface area (Å²) < 4.78 is 0. The maximum Gasteiger partial charge on any atom is 0.0457 e. The summed E-state index contributed by atoms with van der Waals surface area (Å²) in [6.45, 7) is 5.65. The van der Waals surface area contributed by atoms with E-state index >= 15 is 0 Å². The minimum Gasteiger partial charge on any atom is -0.361 e. The zero-order valence-electron chi connectivity index (χ0n) is 13.4. The summed E-state index contributed by atoms with van der Waals surface area (Å²) in [6.07, 6.45) is 9.91. The van der Waals surface area contributed by atoms with Gasteiger partial charge in [0.1, 0.15) is 0 Å². The average Bonchev–Trinajstić information content (AvgIpc) is 2.96. The number of benzene rings is 1. The van der Waals surface area contributed by atoms with Crippen LogP contribution in [0, 0.1) is 0 Å². The molecule has 2 heteroatoms. The van der Waals surface area contributed by atoms with Crippen LogP contribution in [0.3, 0.4) is 0 Å². The van der Waals surface area contributed by atoms with E-state index in [-0.39, 0.29) is 0 Å². The van der Waals surface area contributed by atoms with Crippen LogP contribution in [-0.2, 0) is 6.42 Å². The summed E-state index contributed by atoms with van der Waals surface area (Å²) in [5.74, 6) is 0.741. The highest BCUT2D eigenvalue weighted by Gasteiger charge is 2.23. The first-order valence-electron chi connectivity index (χ1n) is 8.65. The first-order valence-corrected chi connectivity index (χ1v) is 8.65. The van der Waals surface area contributed by atoms with Crippen LogP contribution >= 0.6 is 0 Å². The predicted octanol–water partition coefficient (Wildman–Crippen LogP) is 4.76. The summed E-state index contributed by atoms with van der Waals surface area (Å²) in [5, 5.41) is 5.14. The summed E-state index contributed by atoms with van der Waals surface area (Å²) in [6, 6.07) is 7.63. The van der Waals surface area contributed by atoms with E-state index in [1.54, 1.807) is 5.56 Å². The number of aromatic amines is 1. The molecule has 0 amide bonds. The van der Waals surface area contributed by atoms with Crippen LogP contribution in [0.1, 0.15) is 63.0 Å². The number of hydrogen-bond donors (Lipinski definition) is 2. The standard InChI is InChI=1S/C19H28N2/c1-3-11-20-16-8-6-15(7-9-16)18-13-21-19-10-5-14(4-2)12-17(18)19/h5,10,12-13,15-16,20-21H,3-4,6-9,11H2,1-2H3. The number of nitrogens with one attached hydrogen (secondary N) is 2. The second-order valence-corrected chi connectivity index (χ2v) is 6.48. The zero-order chi connectivity index (χ0) is 14.7. The SMILES string of the molecule is CCCNC1CCC(c2c[nH]c3ccc(CC)cc23)CC1. The summed E-state index contributed by atoms with van der Waals surface area (Å²) >= 11 is 0. The molecule has 0 bridgehead atoms. The monoisotopic (exact) mass is 284 g/mol. The quantitative estimate of drug-likeness (QED) is 0.814. The Kier molecular flexibility index (Phi) is 4.64. The molecule has 0 saturated heterocycles. The molecule has 1 heterocycles. The Balaban J connectivity index is 1.73. The molecule has 0 aliphatic heterocycles. The third kappa shape index (κ3) is 3.16. The number of aromatic nitrogens is 1. The maximum absolute atomic E-state index is 3.68. The van der Waals surface area contributed by atoms with Crippen molar-refractivity contribution in [1.29, 1.82) is 0 Å². The van der Waals surface area contributed by atoms with E-state index in [2.05, 4.69) is 48.5 Å². The molecule has 1 aromatic carbocycles. The highest BCUT2D eigenvalue weighted by Crippen LogP contribution is 2.36. The highest BCUT2D eigenvalue weighted by molar-refractivity contribution is 5.84. The van der Waals surface area contributed by atoms with Crippen LogP contribution < -0.4 is 5.32 Å². The third-order valence-electron chi connectivity index (χ3n) is 5.04. The van der Waals surface area contributed by atoms with Gasteiger partial charge in [-0.05, 0) is 74.2 Å². The topological polar surface area (TPSA) is 27.8 Å². The molecular formula is C19H28N2. The number of H-pyrrole nitrogens is 1. The first-order chi connectivity index (χ1) is 10.3. The Morgan fingerprint density at radius 3 is 2.67 bits per heavy atom. The van der Waals surface area contributed by atoms with Gasteiger partial charge in [-0.15, -0.1) is 0 Å². The number of hydrogen-bond acceptors (Lipinski definition) is 1. The second-order valence-electron chi connectivity index (χ2n) is 6.48. The minimum absolute atomic E-state index is 0.741. The maximum atomic E-state index is 3.68. The van der Waals surface area contributed by atoms with E-state index in [9.17, 15) is 0 Å². The lowest BCUT2D eigenvalue weighted by Crippen LogP contribution is -2.33. The fourth-order valence-corrected chi connectivity index (χ4v) is 3.70. The first kappa shape index (κ1) is 14.6. The summed E-state index contributed by atoms with van der Waals surface area (Å²) in [7, 11) is 0. The summed E-state index contributed by atoms with van der Waals surface area (Å²) in [5.41, 5.74) is 4.30. The fraction of sp³-hybridized carbons (Fsp3) is 0.579. The van der Waals surface area contributed by atoms with Crippen molar-refractivity contribution in [3.63, 3.8) is 0 Å². The van der Waals surface area contributed by atoms with Crippen LogP contribution in [0.25, 0.3) is 10.9 Å². The van der Waals surface area contributed by atoms with Gasteiger partial charge >= 0.3 is 0 Å². The number of aryl methyl sites for hydroxylation is 1. The normalized spacial score (nSPS) is 22.8. The van der Waals surface area contributed by atoms with Crippen LogP contribution in [0.4, 0.5) is 0 Å². The molecule has 2 nitrogen and oxygen atoms in total. The van der Waals surface area contributed by atoms with Crippen molar-refractivity contribution in [3.8, 4) is 0 Å². The lowest BCUT2D eigenvalue weighted by Gasteiger charge is -2.29. The van der Waals surface area contributed by atoms with Crippen LogP contribution in [0.15, 0.2) is 24.4 Å². The molecule has 2 N–H and O–H groups in total. The molecule has 1 saturated carbocycles. The van der Waals surface area contributed by atoms with E-state index in [1.807, 2.05) is 0 Å². The molecule has 3 rings (SSSR count). The second kappa shape index (κ2) is 6.65. The van der Waals surface area contributed by atoms with Gasteiger partial charge in [0, 0.05) is 23.1 Å². The van der Waals surface area contributed by atoms with E-state index < -0.39 is 0 Å². The molecule has 2 aromatic rings. The van der Waals surface area contributed by atoms with Gasteiger partial charge in [0.05, 0.1) is 0 Å². The van der Waals surface area contributed by atoms with Gasteiger partial charge in [0.2, 0.25) is 0 Å². The fourth-order valence-electron chi connectivity index (χ4n) is 3.70. The molecule has 1 aromatic heterocycles. The minimum atomic E-state index is 0.741. The Morgan fingerprint density at radius 2 is 1.95 bits per heavy atom. The predicted molar refractivity (Wildman–Crippen MR) is 91.0 cm³/mol. The van der Waals surface area contributed by atoms with Gasteiger partial charge in [-0.2, -0.15) is 0 Å². The van der Waals surface area contributed by atoms with Crippen molar-refractivity contribution in [1.82, 2.24) is 10.3 Å². The van der Waals surface area contributed by atoms with Crippen molar-refractivity contribution in [2.24, 2.45) is 0 Å². The van der Waals surface area contributed by atoms with E-state index in [0.29, 0.717) is 0 Å². The molecule has 21 heavy (non-hydrogen) atoms. The van der Waals surface area contributed by atoms with Gasteiger partial charge < -0.3 is 10.3 Å². The number of rotatable bonds is 5. The molecular weight excluding hydrogens is 256 g/mol. The van der Waals surface area contributed by atoms with Crippen molar-refractivity contribution in [2.75, 3.05) is 6.54 Å². The van der Waals surface area contributed by atoms with Gasteiger partial charge in [-0.25, -0.2) is 0 Å². The molecule has 114 valence electrons. The Labute approximate surface area is 128 Å². The molecule has 1 aliphatic rings. The Hall–Kier alpha value is -1.28. The lowest BCUT2D eigenvalue weighted by atomic mass is 9.81. The largest absolute Gasteiger partial charge is 0.361 e. The Bertz CT molecular complexity index is 576. The smallest absolute Gasteiger partial charge is 0.0457 e. The molecule has 0 unspecified atom stereocenters.